The minimum Gasteiger partial charge on any atom is -0.479 e. The minimum atomic E-state index is -1.20. The Morgan fingerprint density at radius 2 is 1.71 bits per heavy atom. The van der Waals surface area contributed by atoms with Gasteiger partial charge >= 0.3 is 12.0 Å². The van der Waals surface area contributed by atoms with E-state index in [0.29, 0.717) is 0 Å². The van der Waals surface area contributed by atoms with Crippen molar-refractivity contribution in [1.82, 2.24) is 5.32 Å². The predicted molar refractivity (Wildman–Crippen MR) is 69.8 cm³/mol. The molecule has 0 saturated heterocycles. The molecule has 3 N–H and O–H groups in total. The Morgan fingerprint density at radius 1 is 1.14 bits per heavy atom. The standard InChI is InChI=1S/C13H15FN2O5/c1-7(11(17)16-13(15)19)21-12(18)8(2)20-10-5-3-9(14)4-6-10/h3-8H,1-2H3,(H3,15,16,17,19)/t7-,8+/m1/s1. The number of urea groups is 1. The highest BCUT2D eigenvalue weighted by molar-refractivity contribution is 5.96. The van der Waals surface area contributed by atoms with Gasteiger partial charge in [0.2, 0.25) is 0 Å². The Balaban J connectivity index is 2.52. The molecule has 0 aliphatic rings. The highest BCUT2D eigenvalue weighted by Crippen LogP contribution is 2.13. The monoisotopic (exact) mass is 298 g/mol. The van der Waals surface area contributed by atoms with Gasteiger partial charge in [0.25, 0.3) is 5.91 Å². The van der Waals surface area contributed by atoms with Crippen LogP contribution in [0.25, 0.3) is 0 Å². The molecule has 114 valence electrons. The molecule has 1 aromatic rings. The van der Waals surface area contributed by atoms with Crippen molar-refractivity contribution in [2.24, 2.45) is 5.73 Å². The van der Waals surface area contributed by atoms with E-state index in [0.717, 1.165) is 0 Å². The number of amides is 3. The molecule has 0 spiro atoms. The summed E-state index contributed by atoms with van der Waals surface area (Å²) in [6.45, 7) is 2.69. The van der Waals surface area contributed by atoms with Crippen LogP contribution in [0.5, 0.6) is 5.75 Å². The van der Waals surface area contributed by atoms with Gasteiger partial charge in [-0.15, -0.1) is 0 Å². The Kier molecular flexibility index (Phi) is 5.65. The average Bonchev–Trinajstić information content (AvgIpc) is 2.40. The largest absolute Gasteiger partial charge is 0.479 e. The van der Waals surface area contributed by atoms with Gasteiger partial charge in [-0.1, -0.05) is 0 Å². The van der Waals surface area contributed by atoms with Crippen molar-refractivity contribution in [3.8, 4) is 5.75 Å². The lowest BCUT2D eigenvalue weighted by Gasteiger charge is -2.17. The summed E-state index contributed by atoms with van der Waals surface area (Å²) in [6.07, 6.45) is -2.22. The van der Waals surface area contributed by atoms with Crippen molar-refractivity contribution in [3.05, 3.63) is 30.1 Å². The highest BCUT2D eigenvalue weighted by Gasteiger charge is 2.23. The van der Waals surface area contributed by atoms with Crippen LogP contribution in [0.3, 0.4) is 0 Å². The number of halogens is 1. The predicted octanol–water partition coefficient (Wildman–Crippen LogP) is 0.720. The van der Waals surface area contributed by atoms with Crippen LogP contribution in [0.4, 0.5) is 9.18 Å². The van der Waals surface area contributed by atoms with Crippen LogP contribution >= 0.6 is 0 Å². The summed E-state index contributed by atoms with van der Waals surface area (Å²) in [5.74, 6) is -1.82. The first-order chi connectivity index (χ1) is 9.79. The maximum atomic E-state index is 12.7. The second kappa shape index (κ2) is 7.22. The molecule has 0 bridgehead atoms. The summed E-state index contributed by atoms with van der Waals surface area (Å²) in [4.78, 5) is 33.5. The normalized spacial score (nSPS) is 12.9. The van der Waals surface area contributed by atoms with Crippen molar-refractivity contribution in [2.75, 3.05) is 0 Å². The summed E-state index contributed by atoms with van der Waals surface area (Å²) in [6, 6.07) is 4.01. The smallest absolute Gasteiger partial charge is 0.347 e. The molecule has 21 heavy (non-hydrogen) atoms. The van der Waals surface area contributed by atoms with Crippen molar-refractivity contribution >= 4 is 17.9 Å². The third kappa shape index (κ3) is 5.47. The quantitative estimate of drug-likeness (QED) is 0.779. The third-order valence-electron chi connectivity index (χ3n) is 2.37. The van der Waals surface area contributed by atoms with E-state index in [9.17, 15) is 18.8 Å². The Hall–Kier alpha value is -2.64. The zero-order valence-electron chi connectivity index (χ0n) is 11.5. The lowest BCUT2D eigenvalue weighted by atomic mass is 10.3. The number of nitrogens with two attached hydrogens (primary N) is 1. The van der Waals surface area contributed by atoms with E-state index in [4.69, 9.17) is 15.2 Å². The number of carbonyl (C=O) groups excluding carboxylic acids is 3. The van der Waals surface area contributed by atoms with Crippen molar-refractivity contribution in [3.63, 3.8) is 0 Å². The average molecular weight is 298 g/mol. The van der Waals surface area contributed by atoms with Crippen LogP contribution in [0.1, 0.15) is 13.8 Å². The number of nitrogens with one attached hydrogen (secondary N) is 1. The molecular weight excluding hydrogens is 283 g/mol. The molecular formula is C13H15FN2O5. The fraction of sp³-hybridized carbons (Fsp3) is 0.308. The summed E-state index contributed by atoms with van der Waals surface area (Å²) in [5, 5.41) is 1.78. The highest BCUT2D eigenvalue weighted by atomic mass is 19.1. The van der Waals surface area contributed by atoms with Crippen molar-refractivity contribution in [1.29, 1.82) is 0 Å². The molecule has 0 aromatic heterocycles. The van der Waals surface area contributed by atoms with Gasteiger partial charge in [0, 0.05) is 0 Å². The number of carbonyl (C=O) groups is 3. The van der Waals surface area contributed by atoms with Gasteiger partial charge in [0.05, 0.1) is 0 Å². The zero-order valence-corrected chi connectivity index (χ0v) is 11.5. The summed E-state index contributed by atoms with van der Waals surface area (Å²) in [5.41, 5.74) is 4.77. The number of ether oxygens (including phenoxy) is 2. The molecule has 2 atom stereocenters. The second-order valence-corrected chi connectivity index (χ2v) is 4.15. The van der Waals surface area contributed by atoms with E-state index in [1.165, 1.54) is 38.1 Å². The maximum Gasteiger partial charge on any atom is 0.347 e. The Labute approximate surface area is 120 Å². The number of esters is 1. The van der Waals surface area contributed by atoms with Crippen LogP contribution in [0, 0.1) is 5.82 Å². The summed E-state index contributed by atoms with van der Waals surface area (Å²) in [7, 11) is 0. The van der Waals surface area contributed by atoms with E-state index < -0.39 is 35.9 Å². The molecule has 8 heteroatoms. The third-order valence-corrected chi connectivity index (χ3v) is 2.37. The van der Waals surface area contributed by atoms with Gasteiger partial charge in [-0.25, -0.2) is 14.0 Å². The summed E-state index contributed by atoms with van der Waals surface area (Å²) >= 11 is 0. The number of benzene rings is 1. The van der Waals surface area contributed by atoms with E-state index >= 15 is 0 Å². The van der Waals surface area contributed by atoms with E-state index in [2.05, 4.69) is 0 Å². The molecule has 1 rings (SSSR count). The molecule has 0 aliphatic carbocycles. The summed E-state index contributed by atoms with van der Waals surface area (Å²) < 4.78 is 22.8. The van der Waals surface area contributed by atoms with Crippen LogP contribution in [0.15, 0.2) is 24.3 Å². The van der Waals surface area contributed by atoms with Gasteiger partial charge in [0.15, 0.2) is 12.2 Å². The SMILES string of the molecule is C[C@H](Oc1ccc(F)cc1)C(=O)O[C@H](C)C(=O)NC(N)=O. The van der Waals surface area contributed by atoms with Gasteiger partial charge in [-0.05, 0) is 38.1 Å². The van der Waals surface area contributed by atoms with E-state index in [-0.39, 0.29) is 5.75 Å². The van der Waals surface area contributed by atoms with Crippen LogP contribution < -0.4 is 15.8 Å². The molecule has 0 radical (unpaired) electrons. The van der Waals surface area contributed by atoms with Gasteiger partial charge < -0.3 is 15.2 Å². The van der Waals surface area contributed by atoms with Crippen LogP contribution in [-0.2, 0) is 14.3 Å². The van der Waals surface area contributed by atoms with E-state index in [1.54, 1.807) is 5.32 Å². The molecule has 0 heterocycles. The number of hydrogen-bond donors (Lipinski definition) is 2. The second-order valence-electron chi connectivity index (χ2n) is 4.15. The van der Waals surface area contributed by atoms with Gasteiger partial charge in [-0.3, -0.25) is 10.1 Å². The first kappa shape index (κ1) is 16.4. The van der Waals surface area contributed by atoms with Crippen LogP contribution in [0.2, 0.25) is 0 Å². The Morgan fingerprint density at radius 3 is 2.24 bits per heavy atom. The van der Waals surface area contributed by atoms with Crippen LogP contribution in [-0.4, -0.2) is 30.1 Å². The molecule has 0 fully saturated rings. The van der Waals surface area contributed by atoms with Gasteiger partial charge in [-0.2, -0.15) is 0 Å². The number of hydrogen-bond acceptors (Lipinski definition) is 5. The van der Waals surface area contributed by atoms with E-state index in [1.807, 2.05) is 0 Å². The molecule has 7 nitrogen and oxygen atoms in total. The van der Waals surface area contributed by atoms with Crippen molar-refractivity contribution < 1.29 is 28.2 Å². The Bertz CT molecular complexity index is 532. The molecule has 0 aliphatic heterocycles. The van der Waals surface area contributed by atoms with Gasteiger partial charge in [0.1, 0.15) is 11.6 Å². The molecule has 3 amide bonds. The number of imide groups is 1. The fourth-order valence-electron chi connectivity index (χ4n) is 1.31. The molecule has 1 aromatic carbocycles. The first-order valence-corrected chi connectivity index (χ1v) is 6.02. The fourth-order valence-corrected chi connectivity index (χ4v) is 1.31. The number of rotatable bonds is 5. The first-order valence-electron chi connectivity index (χ1n) is 6.02. The lowest BCUT2D eigenvalue weighted by Crippen LogP contribution is -2.43. The van der Waals surface area contributed by atoms with Crippen molar-refractivity contribution in [2.45, 2.75) is 26.1 Å². The zero-order chi connectivity index (χ0) is 16.0. The lowest BCUT2D eigenvalue weighted by molar-refractivity contribution is -0.160. The minimum absolute atomic E-state index is 0.273. The maximum absolute atomic E-state index is 12.7. The molecule has 0 unspecified atom stereocenters. The topological polar surface area (TPSA) is 108 Å². The number of primary amides is 1. The molecule has 0 saturated carbocycles.